The minimum absolute atomic E-state index is 0.0988. The number of hydrogen-bond donors (Lipinski definition) is 0. The van der Waals surface area contributed by atoms with Gasteiger partial charge in [0.25, 0.3) is 5.91 Å². The van der Waals surface area contributed by atoms with Crippen LogP contribution in [0.5, 0.6) is 17.2 Å². The van der Waals surface area contributed by atoms with E-state index >= 15 is 0 Å². The maximum absolute atomic E-state index is 12.4. The van der Waals surface area contributed by atoms with Gasteiger partial charge >= 0.3 is 0 Å². The van der Waals surface area contributed by atoms with Gasteiger partial charge in [-0.2, -0.15) is 0 Å². The van der Waals surface area contributed by atoms with Gasteiger partial charge in [0.15, 0.2) is 18.1 Å². The summed E-state index contributed by atoms with van der Waals surface area (Å²) in [6, 6.07) is 9.33. The second kappa shape index (κ2) is 9.15. The quantitative estimate of drug-likeness (QED) is 0.508. The molecule has 0 radical (unpaired) electrons. The van der Waals surface area contributed by atoms with Crippen molar-refractivity contribution in [2.75, 3.05) is 39.7 Å². The summed E-state index contributed by atoms with van der Waals surface area (Å²) < 4.78 is 22.2. The number of benzene rings is 1. The van der Waals surface area contributed by atoms with Crippen molar-refractivity contribution >= 4 is 23.0 Å². The molecule has 8 nitrogen and oxygen atoms in total. The number of rotatable bonds is 7. The van der Waals surface area contributed by atoms with Crippen LogP contribution in [0.2, 0.25) is 0 Å². The zero-order valence-corrected chi connectivity index (χ0v) is 16.9. The molecule has 1 unspecified atom stereocenters. The number of ether oxygens (including phenoxy) is 4. The van der Waals surface area contributed by atoms with Gasteiger partial charge in [-0.25, -0.2) is 0 Å². The van der Waals surface area contributed by atoms with E-state index in [1.165, 1.54) is 0 Å². The Balaban J connectivity index is 1.23. The van der Waals surface area contributed by atoms with Crippen LogP contribution >= 0.6 is 11.3 Å². The molecule has 0 aliphatic carbocycles. The van der Waals surface area contributed by atoms with Crippen molar-refractivity contribution in [1.29, 1.82) is 0 Å². The van der Waals surface area contributed by atoms with Crippen LogP contribution in [-0.2, 0) is 14.4 Å². The van der Waals surface area contributed by atoms with E-state index in [1.807, 2.05) is 36.6 Å². The lowest BCUT2D eigenvalue weighted by Crippen LogP contribution is -2.48. The average molecular weight is 418 g/mol. The molecule has 2 aliphatic rings. The lowest BCUT2D eigenvalue weighted by Gasteiger charge is -2.32. The first kappa shape index (κ1) is 19.5. The van der Waals surface area contributed by atoms with Crippen molar-refractivity contribution < 1.29 is 28.6 Å². The third kappa shape index (κ3) is 4.99. The number of amides is 1. The molecule has 1 aromatic carbocycles. The van der Waals surface area contributed by atoms with Gasteiger partial charge in [-0.1, -0.05) is 11.2 Å². The summed E-state index contributed by atoms with van der Waals surface area (Å²) in [5.41, 5.74) is 0.754. The number of thiophene rings is 1. The Hall–Kier alpha value is -2.78. The number of nitrogens with zero attached hydrogens (tertiary/aromatic N) is 2. The van der Waals surface area contributed by atoms with Gasteiger partial charge in [0.2, 0.25) is 6.79 Å². The molecule has 9 heteroatoms. The average Bonchev–Trinajstić information content (AvgIpc) is 3.44. The highest BCUT2D eigenvalue weighted by atomic mass is 32.1. The first-order valence-corrected chi connectivity index (χ1v) is 10.2. The van der Waals surface area contributed by atoms with Gasteiger partial charge in [0, 0.05) is 12.6 Å². The topological polar surface area (TPSA) is 78.8 Å². The molecule has 0 bridgehead atoms. The fraction of sp³-hybridized carbons (Fsp3) is 0.400. The lowest BCUT2D eigenvalue weighted by molar-refractivity contribution is -0.144. The highest BCUT2D eigenvalue weighted by Crippen LogP contribution is 2.35. The molecule has 1 amide bonds. The molecule has 1 aromatic heterocycles. The van der Waals surface area contributed by atoms with E-state index in [0.717, 1.165) is 10.6 Å². The SMILES string of the molecule is C/C(=N/OCC(=O)N1CCOC(COc2ccc3c(c2)OCO3)C1)c1cccs1. The summed E-state index contributed by atoms with van der Waals surface area (Å²) in [6.07, 6.45) is -0.213. The standard InChI is InChI=1S/C20H22N2O6S/c1-14(19-3-2-8-29-19)21-28-12-20(23)22-6-7-24-16(10-22)11-25-15-4-5-17-18(9-15)27-13-26-17/h2-5,8-9,16H,6-7,10-13H2,1H3/b21-14-. The highest BCUT2D eigenvalue weighted by molar-refractivity contribution is 7.12. The van der Waals surface area contributed by atoms with Gasteiger partial charge in [-0.15, -0.1) is 11.3 Å². The largest absolute Gasteiger partial charge is 0.491 e. The minimum atomic E-state index is -0.213. The number of morpholine rings is 1. The normalized spacial score (nSPS) is 18.6. The van der Waals surface area contributed by atoms with Crippen LogP contribution in [0.3, 0.4) is 0 Å². The summed E-state index contributed by atoms with van der Waals surface area (Å²) in [4.78, 5) is 20.4. The Morgan fingerprint density at radius 2 is 2.21 bits per heavy atom. The smallest absolute Gasteiger partial charge is 0.263 e. The van der Waals surface area contributed by atoms with E-state index in [-0.39, 0.29) is 25.4 Å². The third-order valence-corrected chi connectivity index (χ3v) is 5.52. The Morgan fingerprint density at radius 1 is 1.31 bits per heavy atom. The van der Waals surface area contributed by atoms with Crippen molar-refractivity contribution in [3.05, 3.63) is 40.6 Å². The minimum Gasteiger partial charge on any atom is -0.491 e. The van der Waals surface area contributed by atoms with E-state index in [1.54, 1.807) is 22.3 Å². The summed E-state index contributed by atoms with van der Waals surface area (Å²) >= 11 is 1.58. The molecule has 3 heterocycles. The summed E-state index contributed by atoms with van der Waals surface area (Å²) in [7, 11) is 0. The zero-order valence-electron chi connectivity index (χ0n) is 16.0. The maximum Gasteiger partial charge on any atom is 0.263 e. The molecule has 29 heavy (non-hydrogen) atoms. The van der Waals surface area contributed by atoms with Crippen LogP contribution in [0.4, 0.5) is 0 Å². The monoisotopic (exact) mass is 418 g/mol. The van der Waals surface area contributed by atoms with Crippen molar-refractivity contribution in [1.82, 2.24) is 4.90 Å². The molecule has 2 aliphatic heterocycles. The number of oxime groups is 1. The number of carbonyl (C=O) groups excluding carboxylic acids is 1. The predicted octanol–water partition coefficient (Wildman–Crippen LogP) is 2.52. The second-order valence-corrected chi connectivity index (χ2v) is 7.53. The molecule has 1 atom stereocenters. The summed E-state index contributed by atoms with van der Waals surface area (Å²) in [6.45, 7) is 3.74. The fourth-order valence-corrected chi connectivity index (χ4v) is 3.68. The van der Waals surface area contributed by atoms with Gasteiger partial charge < -0.3 is 28.7 Å². The molecule has 4 rings (SSSR count). The second-order valence-electron chi connectivity index (χ2n) is 6.59. The van der Waals surface area contributed by atoms with E-state index < -0.39 is 0 Å². The fourth-order valence-electron chi connectivity index (χ4n) is 3.01. The Kier molecular flexibility index (Phi) is 6.16. The Morgan fingerprint density at radius 3 is 3.07 bits per heavy atom. The molecule has 0 N–H and O–H groups in total. The molecule has 1 saturated heterocycles. The van der Waals surface area contributed by atoms with Crippen molar-refractivity contribution in [2.24, 2.45) is 5.16 Å². The van der Waals surface area contributed by atoms with Crippen molar-refractivity contribution in [2.45, 2.75) is 13.0 Å². The molecule has 0 saturated carbocycles. The summed E-state index contributed by atoms with van der Waals surface area (Å²) in [5.74, 6) is 1.92. The van der Waals surface area contributed by atoms with Gasteiger partial charge in [0.1, 0.15) is 18.5 Å². The molecular formula is C20H22N2O6S. The molecule has 2 aromatic rings. The lowest BCUT2D eigenvalue weighted by atomic mass is 10.2. The first-order chi connectivity index (χ1) is 14.2. The highest BCUT2D eigenvalue weighted by Gasteiger charge is 2.25. The molecule has 0 spiro atoms. The molecule has 154 valence electrons. The van der Waals surface area contributed by atoms with E-state index in [9.17, 15) is 4.79 Å². The molecule has 1 fully saturated rings. The van der Waals surface area contributed by atoms with Gasteiger partial charge in [-0.3, -0.25) is 4.79 Å². The maximum atomic E-state index is 12.4. The molecular weight excluding hydrogens is 396 g/mol. The summed E-state index contributed by atoms with van der Waals surface area (Å²) in [5, 5.41) is 6.00. The van der Waals surface area contributed by atoms with Crippen LogP contribution < -0.4 is 14.2 Å². The zero-order chi connectivity index (χ0) is 20.1. The van der Waals surface area contributed by atoms with E-state index in [2.05, 4.69) is 5.16 Å². The number of carbonyl (C=O) groups is 1. The van der Waals surface area contributed by atoms with Crippen molar-refractivity contribution in [3.63, 3.8) is 0 Å². The van der Waals surface area contributed by atoms with Crippen LogP contribution in [0, 0.1) is 0 Å². The van der Waals surface area contributed by atoms with Crippen LogP contribution in [-0.4, -0.2) is 62.3 Å². The van der Waals surface area contributed by atoms with Gasteiger partial charge in [-0.05, 0) is 30.5 Å². The number of fused-ring (bicyclic) bond motifs is 1. The number of hydrogen-bond acceptors (Lipinski definition) is 8. The van der Waals surface area contributed by atoms with Crippen LogP contribution in [0.15, 0.2) is 40.9 Å². The van der Waals surface area contributed by atoms with Crippen LogP contribution in [0.25, 0.3) is 0 Å². The first-order valence-electron chi connectivity index (χ1n) is 9.31. The predicted molar refractivity (Wildman–Crippen MR) is 107 cm³/mol. The third-order valence-electron chi connectivity index (χ3n) is 4.54. The Bertz CT molecular complexity index is 870. The van der Waals surface area contributed by atoms with E-state index in [0.29, 0.717) is 43.6 Å². The van der Waals surface area contributed by atoms with Crippen LogP contribution in [0.1, 0.15) is 11.8 Å². The van der Waals surface area contributed by atoms with E-state index in [4.69, 9.17) is 23.8 Å². The Labute approximate surface area is 172 Å². The van der Waals surface area contributed by atoms with Crippen molar-refractivity contribution in [3.8, 4) is 17.2 Å². The van der Waals surface area contributed by atoms with Gasteiger partial charge in [0.05, 0.1) is 23.7 Å².